The molecule has 6 heterocycles. The van der Waals surface area contributed by atoms with Crippen molar-refractivity contribution in [2.75, 3.05) is 64.7 Å². The van der Waals surface area contributed by atoms with Gasteiger partial charge in [-0.3, -0.25) is 4.79 Å². The number of carbonyl (C=O) groups excluding carboxylic acids is 2. The van der Waals surface area contributed by atoms with Gasteiger partial charge in [0.2, 0.25) is 5.91 Å². The fourth-order valence-electron chi connectivity index (χ4n) is 7.32. The maximum atomic E-state index is 12.6. The Kier molecular flexibility index (Phi) is 8.30. The molecule has 5 aliphatic heterocycles. The molecule has 0 saturated carbocycles. The summed E-state index contributed by atoms with van der Waals surface area (Å²) in [5.41, 5.74) is 2.92. The first-order valence-corrected chi connectivity index (χ1v) is 15.7. The number of thiazole rings is 1. The van der Waals surface area contributed by atoms with Gasteiger partial charge in [0.05, 0.1) is 53.1 Å². The van der Waals surface area contributed by atoms with Crippen LogP contribution in [0.2, 0.25) is 0 Å². The van der Waals surface area contributed by atoms with E-state index in [2.05, 4.69) is 18.2 Å². The molecule has 4 atom stereocenters. The zero-order chi connectivity index (χ0) is 27.5. The standard InChI is InChI=1S/C28H37N4O5S2.ClH/c1-17-20(25(27(36)37)30-24(17)23(18(2)34)26(30)35)16-38-28-29-21-15-19(3-4-22(21)39-28)5-6-31-7-10-32(11-8-31,12-9-31)13-14-33;/h3-4,15,17-18,23-24,33-34H,5-14,16H2,1-2H3;1H/q+1;/p-1/t17-,18+,23+,24+,31?,32?;/m0./s1. The van der Waals surface area contributed by atoms with E-state index in [0.29, 0.717) is 11.3 Å². The highest BCUT2D eigenvalue weighted by molar-refractivity contribution is 8.01. The summed E-state index contributed by atoms with van der Waals surface area (Å²) in [6, 6.07) is 6.21. The number of benzene rings is 1. The van der Waals surface area contributed by atoms with Crippen LogP contribution in [-0.4, -0.2) is 118 Å². The van der Waals surface area contributed by atoms with E-state index in [0.717, 1.165) is 38.5 Å². The lowest BCUT2D eigenvalue weighted by molar-refractivity contribution is -1.08. The minimum absolute atomic E-state index is 0. The molecular formula is C28H37ClN4O5S2. The SMILES string of the molecule is C[C@@H](O)[C@H]1C(=O)N2C(C(=O)[O-])=C(CSc3nc4cc(CC[N+]56CC[N+](CCO)(CC5)CC6)ccc4s3)[C@H](C)[C@H]12.[Cl-]. The van der Waals surface area contributed by atoms with E-state index in [-0.39, 0.29) is 42.6 Å². The quantitative estimate of drug-likeness (QED) is 0.173. The van der Waals surface area contributed by atoms with E-state index in [1.54, 1.807) is 18.3 Å². The number of halogens is 1. The number of aliphatic carboxylic acids is 1. The number of rotatable bonds is 10. The van der Waals surface area contributed by atoms with Gasteiger partial charge in [-0.05, 0) is 30.2 Å². The first-order chi connectivity index (χ1) is 18.7. The number of aromatic nitrogens is 1. The van der Waals surface area contributed by atoms with Crippen molar-refractivity contribution in [3.8, 4) is 0 Å². The van der Waals surface area contributed by atoms with Crippen molar-refractivity contribution in [2.24, 2.45) is 11.8 Å². The second-order valence-corrected chi connectivity index (χ2v) is 14.2. The molecule has 1 aromatic carbocycles. The number of thioether (sulfide) groups is 1. The lowest BCUT2D eigenvalue weighted by Gasteiger charge is -2.55. The van der Waals surface area contributed by atoms with Crippen LogP contribution >= 0.6 is 23.1 Å². The van der Waals surface area contributed by atoms with Gasteiger partial charge in [0.1, 0.15) is 45.8 Å². The van der Waals surface area contributed by atoms with E-state index >= 15 is 0 Å². The average molecular weight is 609 g/mol. The molecule has 0 radical (unpaired) electrons. The topological polar surface area (TPSA) is 114 Å². The third-order valence-corrected chi connectivity index (χ3v) is 12.1. The van der Waals surface area contributed by atoms with E-state index in [9.17, 15) is 24.9 Å². The minimum Gasteiger partial charge on any atom is -1.00 e. The van der Waals surface area contributed by atoms with E-state index in [1.807, 2.05) is 6.92 Å². The third kappa shape index (κ3) is 4.97. The molecule has 5 aliphatic rings. The molecule has 218 valence electrons. The number of carboxylic acid groups (broad SMARTS) is 1. The number of hydrogen-bond donors (Lipinski definition) is 2. The third-order valence-electron chi connectivity index (χ3n) is 9.89. The van der Waals surface area contributed by atoms with Gasteiger partial charge in [0.15, 0.2) is 4.34 Å². The summed E-state index contributed by atoms with van der Waals surface area (Å²) in [7, 11) is 0. The van der Waals surface area contributed by atoms with E-state index < -0.39 is 18.0 Å². The van der Waals surface area contributed by atoms with Gasteiger partial charge in [0.25, 0.3) is 0 Å². The Morgan fingerprint density at radius 2 is 1.85 bits per heavy atom. The number of β-lactam (4-membered cyclic amide) rings is 1. The Morgan fingerprint density at radius 1 is 1.20 bits per heavy atom. The molecule has 12 heteroatoms. The Bertz CT molecular complexity index is 1320. The van der Waals surface area contributed by atoms with E-state index in [4.69, 9.17) is 4.98 Å². The number of aliphatic hydroxyl groups is 2. The Hall–Kier alpha value is -1.73. The van der Waals surface area contributed by atoms with Crippen molar-refractivity contribution < 1.29 is 46.3 Å². The van der Waals surface area contributed by atoms with Crippen LogP contribution in [0, 0.1) is 11.8 Å². The van der Waals surface area contributed by atoms with Crippen LogP contribution in [0.5, 0.6) is 0 Å². The highest BCUT2D eigenvalue weighted by Gasteiger charge is 2.58. The molecular weight excluding hydrogens is 572 g/mol. The van der Waals surface area contributed by atoms with Gasteiger partial charge in [-0.2, -0.15) is 0 Å². The van der Waals surface area contributed by atoms with Crippen LogP contribution < -0.4 is 17.5 Å². The number of nitrogens with zero attached hydrogens (tertiary/aromatic N) is 4. The maximum absolute atomic E-state index is 12.6. The summed E-state index contributed by atoms with van der Waals surface area (Å²) in [6.45, 7) is 12.9. The lowest BCUT2D eigenvalue weighted by Crippen LogP contribution is -3.00. The summed E-state index contributed by atoms with van der Waals surface area (Å²) < 4.78 is 4.26. The molecule has 1 amide bonds. The molecule has 2 N–H and O–H groups in total. The van der Waals surface area contributed by atoms with Crippen LogP contribution in [-0.2, 0) is 16.0 Å². The first-order valence-electron chi connectivity index (χ1n) is 13.9. The lowest BCUT2D eigenvalue weighted by atomic mass is 9.78. The molecule has 4 fully saturated rings. The van der Waals surface area contributed by atoms with Crippen molar-refractivity contribution in [1.29, 1.82) is 0 Å². The van der Waals surface area contributed by atoms with Crippen molar-refractivity contribution in [2.45, 2.75) is 36.8 Å². The molecule has 0 spiro atoms. The van der Waals surface area contributed by atoms with Gasteiger partial charge >= 0.3 is 0 Å². The molecule has 40 heavy (non-hydrogen) atoms. The normalized spacial score (nSPS) is 31.8. The number of fused-ring (bicyclic) bond motifs is 5. The molecule has 2 aromatic rings. The summed E-state index contributed by atoms with van der Waals surface area (Å²) in [6.07, 6.45) is 0.202. The van der Waals surface area contributed by atoms with Gasteiger partial charge < -0.3 is 46.4 Å². The molecule has 2 bridgehead atoms. The zero-order valence-corrected chi connectivity index (χ0v) is 25.3. The smallest absolute Gasteiger partial charge is 0.235 e. The molecule has 1 aromatic heterocycles. The number of hydrogen-bond acceptors (Lipinski definition) is 8. The second kappa shape index (κ2) is 11.2. The van der Waals surface area contributed by atoms with Gasteiger partial charge in [-0.1, -0.05) is 24.8 Å². The van der Waals surface area contributed by atoms with Gasteiger partial charge in [-0.15, -0.1) is 11.3 Å². The number of quaternary nitrogens is 2. The minimum atomic E-state index is -1.34. The summed E-state index contributed by atoms with van der Waals surface area (Å²) in [4.78, 5) is 30.7. The molecule has 0 aliphatic carbocycles. The summed E-state index contributed by atoms with van der Waals surface area (Å²) in [5, 5.41) is 31.5. The molecule has 7 rings (SSSR count). The Balaban J connectivity index is 0.00000323. The highest BCUT2D eigenvalue weighted by Crippen LogP contribution is 2.48. The van der Waals surface area contributed by atoms with E-state index in [1.165, 1.54) is 66.0 Å². The number of carbonyl (C=O) groups is 2. The first kappa shape index (κ1) is 29.8. The second-order valence-electron chi connectivity index (χ2n) is 11.9. The highest BCUT2D eigenvalue weighted by atomic mass is 35.5. The fourth-order valence-corrected chi connectivity index (χ4v) is 9.53. The van der Waals surface area contributed by atoms with Crippen LogP contribution in [0.3, 0.4) is 0 Å². The van der Waals surface area contributed by atoms with Gasteiger partial charge in [0, 0.05) is 18.1 Å². The van der Waals surface area contributed by atoms with Crippen molar-refractivity contribution >= 4 is 45.2 Å². The maximum Gasteiger partial charge on any atom is 0.235 e. The van der Waals surface area contributed by atoms with Crippen LogP contribution in [0.1, 0.15) is 19.4 Å². The van der Waals surface area contributed by atoms with Crippen molar-refractivity contribution in [1.82, 2.24) is 9.88 Å². The zero-order valence-electron chi connectivity index (χ0n) is 22.9. The molecule has 9 nitrogen and oxygen atoms in total. The van der Waals surface area contributed by atoms with Crippen molar-refractivity contribution in [3.05, 3.63) is 35.0 Å². The summed E-state index contributed by atoms with van der Waals surface area (Å²) >= 11 is 3.10. The summed E-state index contributed by atoms with van der Waals surface area (Å²) in [5.74, 6) is -1.98. The predicted octanol–water partition coefficient (Wildman–Crippen LogP) is -2.55. The number of piperazine rings is 3. The van der Waals surface area contributed by atoms with Gasteiger partial charge in [-0.25, -0.2) is 4.98 Å². The molecule has 4 saturated heterocycles. The van der Waals surface area contributed by atoms with Crippen LogP contribution in [0.15, 0.2) is 33.8 Å². The number of amides is 1. The molecule has 0 unspecified atom stereocenters. The fraction of sp³-hybridized carbons (Fsp3) is 0.607. The van der Waals surface area contributed by atoms with Crippen molar-refractivity contribution in [3.63, 3.8) is 0 Å². The Labute approximate surface area is 249 Å². The average Bonchev–Trinajstić information content (AvgIpc) is 3.43. The largest absolute Gasteiger partial charge is 1.00 e. The monoisotopic (exact) mass is 608 g/mol. The van der Waals surface area contributed by atoms with Crippen LogP contribution in [0.25, 0.3) is 10.2 Å². The predicted molar refractivity (Wildman–Crippen MR) is 148 cm³/mol. The Morgan fingerprint density at radius 3 is 2.45 bits per heavy atom. The number of carboxylic acids is 1. The van der Waals surface area contributed by atoms with Crippen LogP contribution in [0.4, 0.5) is 0 Å². The number of aliphatic hydroxyl groups excluding tert-OH is 2.